The Balaban J connectivity index is 1.26. The highest BCUT2D eigenvalue weighted by Gasteiger charge is 2.73. The van der Waals surface area contributed by atoms with Gasteiger partial charge in [-0.2, -0.15) is 0 Å². The monoisotopic (exact) mass is 429 g/mol. The summed E-state index contributed by atoms with van der Waals surface area (Å²) in [6, 6.07) is 11.8. The summed E-state index contributed by atoms with van der Waals surface area (Å²) in [6.45, 7) is 2.48. The van der Waals surface area contributed by atoms with Crippen molar-refractivity contribution in [2.24, 2.45) is 10.8 Å². The minimum absolute atomic E-state index is 0.0916. The summed E-state index contributed by atoms with van der Waals surface area (Å²) in [5.41, 5.74) is 1.51. The lowest BCUT2D eigenvalue weighted by molar-refractivity contribution is -0.230. The molecule has 162 valence electrons. The number of aromatic nitrogens is 2. The molecule has 1 atom stereocenters. The minimum atomic E-state index is -0.713. The zero-order valence-corrected chi connectivity index (χ0v) is 17.7. The summed E-state index contributed by atoms with van der Waals surface area (Å²) in [5.74, 6) is -0.0855. The number of nitrogens with one attached hydrogen (secondary N) is 1. The van der Waals surface area contributed by atoms with Gasteiger partial charge in [0.1, 0.15) is 11.3 Å². The van der Waals surface area contributed by atoms with Gasteiger partial charge < -0.3 is 19.4 Å². The van der Waals surface area contributed by atoms with E-state index in [0.717, 1.165) is 27.6 Å². The van der Waals surface area contributed by atoms with Crippen LogP contribution < -0.4 is 5.32 Å². The van der Waals surface area contributed by atoms with Crippen molar-refractivity contribution in [3.8, 4) is 0 Å². The van der Waals surface area contributed by atoms with Gasteiger partial charge in [-0.3, -0.25) is 14.6 Å². The first-order valence-electron chi connectivity index (χ1n) is 10.8. The number of hydrogen-bond acceptors (Lipinski definition) is 4. The Bertz CT molecular complexity index is 1350. The summed E-state index contributed by atoms with van der Waals surface area (Å²) in [7, 11) is 0. The lowest BCUT2D eigenvalue weighted by Crippen LogP contribution is -2.71. The Morgan fingerprint density at radius 3 is 2.72 bits per heavy atom. The van der Waals surface area contributed by atoms with Crippen molar-refractivity contribution in [3.63, 3.8) is 0 Å². The molecule has 3 aliphatic carbocycles. The lowest BCUT2D eigenvalue weighted by Gasteiger charge is -2.70. The zero-order chi connectivity index (χ0) is 22.1. The standard InChI is InChI=1S/C25H23N3O4/c1-15(24-12-25(13-24,14-24)23(30)31)27-22(29)19-10-26-9-17-6-7-28(21(17)19)11-18-8-16-4-2-3-5-20(16)32-18/h2-10,15H,11-14H2,1H3,(H,27,29)(H,30,31)/t15-,24?,25?/m1/s1. The first-order valence-corrected chi connectivity index (χ1v) is 10.8. The van der Waals surface area contributed by atoms with Gasteiger partial charge in [-0.15, -0.1) is 0 Å². The molecular weight excluding hydrogens is 406 g/mol. The minimum Gasteiger partial charge on any atom is -0.481 e. The quantitative estimate of drug-likeness (QED) is 0.479. The van der Waals surface area contributed by atoms with E-state index in [9.17, 15) is 14.7 Å². The molecule has 3 saturated carbocycles. The van der Waals surface area contributed by atoms with Crippen molar-refractivity contribution in [3.05, 3.63) is 66.3 Å². The third-order valence-electron chi connectivity index (χ3n) is 7.51. The first-order chi connectivity index (χ1) is 15.4. The van der Waals surface area contributed by atoms with E-state index in [0.29, 0.717) is 31.4 Å². The fraction of sp³-hybridized carbons (Fsp3) is 0.320. The van der Waals surface area contributed by atoms with Crippen molar-refractivity contribution in [1.82, 2.24) is 14.9 Å². The number of carboxylic acid groups (broad SMARTS) is 1. The van der Waals surface area contributed by atoms with Crippen LogP contribution in [0.2, 0.25) is 0 Å². The van der Waals surface area contributed by atoms with Crippen LogP contribution in [0.3, 0.4) is 0 Å². The topological polar surface area (TPSA) is 97.4 Å². The molecule has 1 amide bonds. The molecule has 7 heteroatoms. The largest absolute Gasteiger partial charge is 0.481 e. The maximum absolute atomic E-state index is 13.2. The van der Waals surface area contributed by atoms with E-state index in [4.69, 9.17) is 4.42 Å². The smallest absolute Gasteiger partial charge is 0.309 e. The molecular formula is C25H23N3O4. The number of carboxylic acids is 1. The second-order valence-corrected chi connectivity index (χ2v) is 9.49. The molecule has 3 aromatic heterocycles. The average Bonchev–Trinajstić information content (AvgIpc) is 3.29. The number of rotatable bonds is 6. The molecule has 3 heterocycles. The molecule has 3 aliphatic rings. The van der Waals surface area contributed by atoms with Crippen LogP contribution in [0.5, 0.6) is 0 Å². The molecule has 0 radical (unpaired) electrons. The fourth-order valence-corrected chi connectivity index (χ4v) is 5.72. The van der Waals surface area contributed by atoms with Gasteiger partial charge in [-0.25, -0.2) is 0 Å². The van der Waals surface area contributed by atoms with Crippen LogP contribution in [0.4, 0.5) is 0 Å². The van der Waals surface area contributed by atoms with Crippen molar-refractivity contribution in [1.29, 1.82) is 0 Å². The molecule has 0 unspecified atom stereocenters. The van der Waals surface area contributed by atoms with Crippen molar-refractivity contribution >= 4 is 33.7 Å². The first kappa shape index (κ1) is 19.1. The second-order valence-electron chi connectivity index (χ2n) is 9.49. The van der Waals surface area contributed by atoms with Gasteiger partial charge in [-0.1, -0.05) is 18.2 Å². The van der Waals surface area contributed by atoms with E-state index in [1.165, 1.54) is 0 Å². The van der Waals surface area contributed by atoms with E-state index in [2.05, 4.69) is 10.3 Å². The summed E-state index contributed by atoms with van der Waals surface area (Å²) in [4.78, 5) is 28.9. The van der Waals surface area contributed by atoms with E-state index >= 15 is 0 Å². The predicted octanol–water partition coefficient (Wildman–Crippen LogP) is 4.20. The second kappa shape index (κ2) is 6.45. The van der Waals surface area contributed by atoms with Gasteiger partial charge in [-0.05, 0) is 49.8 Å². The normalized spacial score (nSPS) is 24.7. The number of carbonyl (C=O) groups excluding carboxylic acids is 1. The van der Waals surface area contributed by atoms with Gasteiger partial charge in [0, 0.05) is 35.4 Å². The molecule has 2 bridgehead atoms. The van der Waals surface area contributed by atoms with Gasteiger partial charge in [0.15, 0.2) is 0 Å². The van der Waals surface area contributed by atoms with Gasteiger partial charge >= 0.3 is 5.97 Å². The van der Waals surface area contributed by atoms with Crippen LogP contribution in [-0.2, 0) is 11.3 Å². The molecule has 2 N–H and O–H groups in total. The molecule has 7 nitrogen and oxygen atoms in total. The number of benzene rings is 1. The summed E-state index contributed by atoms with van der Waals surface area (Å²) in [5, 5.41) is 14.4. The Labute approximate surface area is 184 Å². The number of pyridine rings is 1. The molecule has 4 aromatic rings. The average molecular weight is 429 g/mol. The lowest BCUT2D eigenvalue weighted by atomic mass is 9.33. The Kier molecular flexibility index (Phi) is 3.85. The number of furan rings is 1. The number of para-hydroxylation sites is 1. The van der Waals surface area contributed by atoms with Crippen LogP contribution in [0.1, 0.15) is 42.3 Å². The number of carbonyl (C=O) groups is 2. The van der Waals surface area contributed by atoms with Crippen molar-refractivity contribution in [2.75, 3.05) is 0 Å². The third kappa shape index (κ3) is 2.63. The molecule has 7 rings (SSSR count). The van der Waals surface area contributed by atoms with E-state index < -0.39 is 11.4 Å². The Morgan fingerprint density at radius 1 is 1.19 bits per heavy atom. The maximum atomic E-state index is 13.2. The molecule has 0 spiro atoms. The zero-order valence-electron chi connectivity index (χ0n) is 17.7. The molecule has 1 aromatic carbocycles. The highest BCUT2D eigenvalue weighted by molar-refractivity contribution is 6.05. The highest BCUT2D eigenvalue weighted by Crippen LogP contribution is 2.74. The van der Waals surface area contributed by atoms with Crippen LogP contribution in [-0.4, -0.2) is 32.6 Å². The Hall–Kier alpha value is -3.61. The van der Waals surface area contributed by atoms with E-state index in [1.807, 2.05) is 54.1 Å². The molecule has 0 saturated heterocycles. The van der Waals surface area contributed by atoms with Crippen molar-refractivity contribution in [2.45, 2.75) is 38.8 Å². The van der Waals surface area contributed by atoms with Crippen LogP contribution in [0.15, 0.2) is 59.4 Å². The van der Waals surface area contributed by atoms with Gasteiger partial charge in [0.2, 0.25) is 0 Å². The SMILES string of the molecule is C[C@@H](NC(=O)c1cncc2ccn(Cc3cc4ccccc4o3)c12)C12CC(C(=O)O)(C1)C2. The number of nitrogens with zero attached hydrogens (tertiary/aromatic N) is 2. The number of aliphatic carboxylic acids is 1. The summed E-state index contributed by atoms with van der Waals surface area (Å²) >= 11 is 0. The summed E-state index contributed by atoms with van der Waals surface area (Å²) in [6.07, 6.45) is 7.21. The maximum Gasteiger partial charge on any atom is 0.309 e. The van der Waals surface area contributed by atoms with Crippen LogP contribution in [0.25, 0.3) is 21.9 Å². The van der Waals surface area contributed by atoms with E-state index in [-0.39, 0.29) is 17.4 Å². The molecule has 3 fully saturated rings. The third-order valence-corrected chi connectivity index (χ3v) is 7.51. The number of amides is 1. The van der Waals surface area contributed by atoms with E-state index in [1.54, 1.807) is 12.4 Å². The van der Waals surface area contributed by atoms with Crippen LogP contribution >= 0.6 is 0 Å². The Morgan fingerprint density at radius 2 is 1.97 bits per heavy atom. The fourth-order valence-electron chi connectivity index (χ4n) is 5.72. The number of hydrogen-bond donors (Lipinski definition) is 2. The number of fused-ring (bicyclic) bond motifs is 2. The van der Waals surface area contributed by atoms with Gasteiger partial charge in [0.25, 0.3) is 5.91 Å². The van der Waals surface area contributed by atoms with Crippen molar-refractivity contribution < 1.29 is 19.1 Å². The van der Waals surface area contributed by atoms with Crippen LogP contribution in [0, 0.1) is 10.8 Å². The molecule has 0 aliphatic heterocycles. The predicted molar refractivity (Wildman–Crippen MR) is 118 cm³/mol. The van der Waals surface area contributed by atoms with Gasteiger partial charge in [0.05, 0.1) is 23.0 Å². The highest BCUT2D eigenvalue weighted by atomic mass is 16.4. The summed E-state index contributed by atoms with van der Waals surface area (Å²) < 4.78 is 7.98. The molecule has 32 heavy (non-hydrogen) atoms.